The Bertz CT molecular complexity index is 770. The molecule has 23 heavy (non-hydrogen) atoms. The highest BCUT2D eigenvalue weighted by molar-refractivity contribution is 6.04. The van der Waals surface area contributed by atoms with Crippen molar-refractivity contribution in [3.05, 3.63) is 29.6 Å². The summed E-state index contributed by atoms with van der Waals surface area (Å²) in [6.07, 6.45) is 1.42. The van der Waals surface area contributed by atoms with Gasteiger partial charge in [-0.1, -0.05) is 13.0 Å². The number of amides is 2. The number of nitrogens with one attached hydrogen (secondary N) is 1. The Kier molecular flexibility index (Phi) is 3.71. The summed E-state index contributed by atoms with van der Waals surface area (Å²) in [4.78, 5) is 32.1. The highest BCUT2D eigenvalue weighted by Gasteiger charge is 2.34. The number of fused-ring (bicyclic) bond motifs is 1. The van der Waals surface area contributed by atoms with Crippen molar-refractivity contribution in [3.8, 4) is 0 Å². The SMILES string of the molecule is CC1(c2nc3c(C(N)=O)cccc3[nH]2)CCCN(C(=O)O)CC1. The molecular formula is C16H20N4O3. The van der Waals surface area contributed by atoms with Gasteiger partial charge in [-0.05, 0) is 31.4 Å². The molecule has 1 aromatic heterocycles. The Morgan fingerprint density at radius 2 is 2.13 bits per heavy atom. The molecule has 4 N–H and O–H groups in total. The number of aromatic amines is 1. The number of hydrogen-bond donors (Lipinski definition) is 3. The maximum absolute atomic E-state index is 11.5. The number of hydrogen-bond acceptors (Lipinski definition) is 3. The summed E-state index contributed by atoms with van der Waals surface area (Å²) in [5, 5.41) is 9.17. The Hall–Kier alpha value is -2.57. The average Bonchev–Trinajstić information content (AvgIpc) is 2.84. The van der Waals surface area contributed by atoms with Gasteiger partial charge < -0.3 is 20.7 Å². The lowest BCUT2D eigenvalue weighted by Crippen LogP contribution is -2.32. The number of aromatic nitrogens is 2. The number of carboxylic acid groups (broad SMARTS) is 1. The number of imidazole rings is 1. The minimum atomic E-state index is -0.880. The third kappa shape index (κ3) is 2.74. The number of para-hydroxylation sites is 1. The molecule has 1 aliphatic heterocycles. The van der Waals surface area contributed by atoms with Crippen LogP contribution in [0.1, 0.15) is 42.4 Å². The molecule has 122 valence electrons. The van der Waals surface area contributed by atoms with Crippen molar-refractivity contribution in [1.82, 2.24) is 14.9 Å². The molecule has 1 saturated heterocycles. The van der Waals surface area contributed by atoms with Crippen LogP contribution < -0.4 is 5.73 Å². The topological polar surface area (TPSA) is 112 Å². The monoisotopic (exact) mass is 316 g/mol. The maximum Gasteiger partial charge on any atom is 0.407 e. The largest absolute Gasteiger partial charge is 0.465 e. The molecule has 7 heteroatoms. The minimum Gasteiger partial charge on any atom is -0.465 e. The van der Waals surface area contributed by atoms with Crippen LogP contribution in [-0.4, -0.2) is 45.1 Å². The lowest BCUT2D eigenvalue weighted by atomic mass is 9.82. The van der Waals surface area contributed by atoms with Gasteiger partial charge in [0.1, 0.15) is 11.3 Å². The summed E-state index contributed by atoms with van der Waals surface area (Å²) in [6, 6.07) is 5.30. The van der Waals surface area contributed by atoms with E-state index in [0.29, 0.717) is 30.6 Å². The summed E-state index contributed by atoms with van der Waals surface area (Å²) < 4.78 is 0. The van der Waals surface area contributed by atoms with Crippen molar-refractivity contribution in [3.63, 3.8) is 0 Å². The van der Waals surface area contributed by atoms with Crippen LogP contribution in [0.2, 0.25) is 0 Å². The van der Waals surface area contributed by atoms with Gasteiger partial charge in [0.25, 0.3) is 5.91 Å². The molecule has 1 fully saturated rings. The fraction of sp³-hybridized carbons (Fsp3) is 0.438. The van der Waals surface area contributed by atoms with E-state index in [1.54, 1.807) is 12.1 Å². The van der Waals surface area contributed by atoms with E-state index in [0.717, 1.165) is 24.2 Å². The maximum atomic E-state index is 11.5. The second-order valence-corrected chi connectivity index (χ2v) is 6.34. The second kappa shape index (κ2) is 5.57. The lowest BCUT2D eigenvalue weighted by Gasteiger charge is -2.25. The highest BCUT2D eigenvalue weighted by Crippen LogP contribution is 2.34. The smallest absolute Gasteiger partial charge is 0.407 e. The van der Waals surface area contributed by atoms with E-state index < -0.39 is 12.0 Å². The number of likely N-dealkylation sites (tertiary alicyclic amines) is 1. The van der Waals surface area contributed by atoms with Crippen molar-refractivity contribution >= 4 is 23.0 Å². The van der Waals surface area contributed by atoms with Crippen LogP contribution in [0.5, 0.6) is 0 Å². The van der Waals surface area contributed by atoms with E-state index >= 15 is 0 Å². The zero-order valence-electron chi connectivity index (χ0n) is 13.0. The fourth-order valence-electron chi connectivity index (χ4n) is 3.22. The van der Waals surface area contributed by atoms with E-state index in [1.807, 2.05) is 6.07 Å². The van der Waals surface area contributed by atoms with Crippen molar-refractivity contribution in [2.45, 2.75) is 31.6 Å². The number of carbonyl (C=O) groups is 2. The first kappa shape index (κ1) is 15.3. The Morgan fingerprint density at radius 3 is 2.83 bits per heavy atom. The van der Waals surface area contributed by atoms with Crippen molar-refractivity contribution < 1.29 is 14.7 Å². The molecule has 1 aliphatic rings. The normalized spacial score (nSPS) is 22.0. The van der Waals surface area contributed by atoms with Crippen molar-refractivity contribution in [1.29, 1.82) is 0 Å². The molecule has 0 saturated carbocycles. The molecule has 0 aliphatic carbocycles. The van der Waals surface area contributed by atoms with Gasteiger partial charge in [-0.2, -0.15) is 0 Å². The van der Waals surface area contributed by atoms with Gasteiger partial charge in [-0.15, -0.1) is 0 Å². The quantitative estimate of drug-likeness (QED) is 0.787. The third-order valence-electron chi connectivity index (χ3n) is 4.71. The molecular weight excluding hydrogens is 296 g/mol. The van der Waals surface area contributed by atoms with Gasteiger partial charge in [-0.25, -0.2) is 9.78 Å². The molecule has 2 aromatic rings. The summed E-state index contributed by atoms with van der Waals surface area (Å²) in [5.41, 5.74) is 6.91. The average molecular weight is 316 g/mol. The number of rotatable bonds is 2. The van der Waals surface area contributed by atoms with Crippen molar-refractivity contribution in [2.75, 3.05) is 13.1 Å². The zero-order chi connectivity index (χ0) is 16.6. The number of benzene rings is 1. The number of H-pyrrole nitrogens is 1. The van der Waals surface area contributed by atoms with Gasteiger partial charge in [0.2, 0.25) is 0 Å². The highest BCUT2D eigenvalue weighted by atomic mass is 16.4. The van der Waals surface area contributed by atoms with Crippen LogP contribution in [0.25, 0.3) is 11.0 Å². The van der Waals surface area contributed by atoms with E-state index in [1.165, 1.54) is 4.90 Å². The van der Waals surface area contributed by atoms with Gasteiger partial charge in [-0.3, -0.25) is 4.79 Å². The zero-order valence-corrected chi connectivity index (χ0v) is 13.0. The number of nitrogens with two attached hydrogens (primary N) is 1. The Balaban J connectivity index is 1.97. The fourth-order valence-corrected chi connectivity index (χ4v) is 3.22. The van der Waals surface area contributed by atoms with Gasteiger partial charge in [0.15, 0.2) is 0 Å². The second-order valence-electron chi connectivity index (χ2n) is 6.34. The number of carbonyl (C=O) groups excluding carboxylic acids is 1. The first-order chi connectivity index (χ1) is 10.9. The van der Waals surface area contributed by atoms with Gasteiger partial charge in [0.05, 0.1) is 11.1 Å². The van der Waals surface area contributed by atoms with Gasteiger partial charge in [0, 0.05) is 18.5 Å². The third-order valence-corrected chi connectivity index (χ3v) is 4.71. The summed E-state index contributed by atoms with van der Waals surface area (Å²) in [5.74, 6) is 0.283. The van der Waals surface area contributed by atoms with Crippen LogP contribution in [0.4, 0.5) is 4.79 Å². The molecule has 3 rings (SSSR count). The predicted octanol–water partition coefficient (Wildman–Crippen LogP) is 2.08. The number of primary amides is 1. The van der Waals surface area contributed by atoms with Crippen LogP contribution in [0, 0.1) is 0 Å². The van der Waals surface area contributed by atoms with Crippen LogP contribution >= 0.6 is 0 Å². The first-order valence-corrected chi connectivity index (χ1v) is 7.67. The summed E-state index contributed by atoms with van der Waals surface area (Å²) in [6.45, 7) is 3.10. The molecule has 0 bridgehead atoms. The lowest BCUT2D eigenvalue weighted by molar-refractivity contribution is 0.100. The predicted molar refractivity (Wildman–Crippen MR) is 85.4 cm³/mol. The minimum absolute atomic E-state index is 0.252. The number of nitrogens with zero attached hydrogens (tertiary/aromatic N) is 2. The summed E-state index contributed by atoms with van der Waals surface area (Å²) >= 11 is 0. The standard InChI is InChI=1S/C16H20N4O3/c1-16(6-3-8-20(9-7-16)15(22)23)14-18-11-5-2-4-10(13(17)21)12(11)19-14/h2,4-5H,3,6-9H2,1H3,(H2,17,21)(H,18,19)(H,22,23). The molecule has 0 spiro atoms. The summed E-state index contributed by atoms with van der Waals surface area (Å²) in [7, 11) is 0. The van der Waals surface area contributed by atoms with Crippen LogP contribution in [0.15, 0.2) is 18.2 Å². The van der Waals surface area contributed by atoms with Crippen molar-refractivity contribution in [2.24, 2.45) is 5.73 Å². The van der Waals surface area contributed by atoms with E-state index in [4.69, 9.17) is 10.8 Å². The molecule has 0 radical (unpaired) electrons. The van der Waals surface area contributed by atoms with Crippen LogP contribution in [-0.2, 0) is 5.41 Å². The molecule has 1 atom stereocenters. The Morgan fingerprint density at radius 1 is 1.35 bits per heavy atom. The van der Waals surface area contributed by atoms with E-state index in [9.17, 15) is 9.59 Å². The van der Waals surface area contributed by atoms with E-state index in [-0.39, 0.29) is 5.41 Å². The molecule has 1 unspecified atom stereocenters. The molecule has 7 nitrogen and oxygen atoms in total. The molecule has 2 amide bonds. The molecule has 2 heterocycles. The molecule has 1 aromatic carbocycles. The van der Waals surface area contributed by atoms with E-state index in [2.05, 4.69) is 16.9 Å². The Labute approximate surface area is 133 Å². The van der Waals surface area contributed by atoms with Gasteiger partial charge >= 0.3 is 6.09 Å². The first-order valence-electron chi connectivity index (χ1n) is 7.67. The van der Waals surface area contributed by atoms with Crippen LogP contribution in [0.3, 0.4) is 0 Å².